The summed E-state index contributed by atoms with van der Waals surface area (Å²) >= 11 is 2.67. The van der Waals surface area contributed by atoms with Crippen LogP contribution in [0, 0.1) is 6.92 Å². The average Bonchev–Trinajstić information content (AvgIpc) is 3.27. The van der Waals surface area contributed by atoms with Gasteiger partial charge in [-0.15, -0.1) is 22.7 Å². The molecule has 0 unspecified atom stereocenters. The Kier molecular flexibility index (Phi) is 5.67. The Morgan fingerprint density at radius 2 is 1.84 bits per heavy atom. The molecule has 0 saturated heterocycles. The van der Waals surface area contributed by atoms with Gasteiger partial charge in [0.05, 0.1) is 32.8 Å². The van der Waals surface area contributed by atoms with Crippen LogP contribution in [0.15, 0.2) is 42.5 Å². The number of ether oxygens (including phenoxy) is 1. The molecule has 1 N–H and O–H groups in total. The van der Waals surface area contributed by atoms with Crippen molar-refractivity contribution in [1.82, 2.24) is 9.97 Å². The summed E-state index contributed by atoms with van der Waals surface area (Å²) in [4.78, 5) is 20.5. The summed E-state index contributed by atoms with van der Waals surface area (Å²) in [6.07, 6.45) is -4.49. The number of aromatic nitrogens is 2. The first-order valence-electron chi connectivity index (χ1n) is 9.07. The molecule has 0 spiro atoms. The van der Waals surface area contributed by atoms with Crippen molar-refractivity contribution in [3.05, 3.63) is 63.6 Å². The van der Waals surface area contributed by atoms with Gasteiger partial charge in [-0.25, -0.2) is 9.97 Å². The number of benzene rings is 2. The minimum atomic E-state index is -4.37. The van der Waals surface area contributed by atoms with Gasteiger partial charge in [-0.3, -0.25) is 4.79 Å². The molecule has 2 aromatic carbocycles. The van der Waals surface area contributed by atoms with E-state index in [-0.39, 0.29) is 13.0 Å². The Hall–Kier alpha value is -2.98. The van der Waals surface area contributed by atoms with E-state index in [0.29, 0.717) is 26.8 Å². The molecule has 160 valence electrons. The van der Waals surface area contributed by atoms with Crippen LogP contribution in [0.1, 0.15) is 21.1 Å². The first-order valence-corrected chi connectivity index (χ1v) is 10.7. The van der Waals surface area contributed by atoms with Gasteiger partial charge in [0.1, 0.15) is 22.4 Å². The van der Waals surface area contributed by atoms with Gasteiger partial charge < -0.3 is 9.84 Å². The summed E-state index contributed by atoms with van der Waals surface area (Å²) in [5, 5.41) is 10.1. The van der Waals surface area contributed by atoms with Crippen molar-refractivity contribution in [3.63, 3.8) is 0 Å². The fourth-order valence-corrected chi connectivity index (χ4v) is 4.85. The number of carbonyl (C=O) groups is 1. The van der Waals surface area contributed by atoms with Crippen molar-refractivity contribution in [2.45, 2.75) is 26.1 Å². The number of halogens is 3. The molecular weight excluding hydrogens is 449 g/mol. The van der Waals surface area contributed by atoms with Crippen LogP contribution in [0.4, 0.5) is 13.2 Å². The van der Waals surface area contributed by atoms with Crippen molar-refractivity contribution >= 4 is 38.9 Å². The molecule has 4 rings (SSSR count). The maximum absolute atomic E-state index is 12.7. The third kappa shape index (κ3) is 4.86. The van der Waals surface area contributed by atoms with Gasteiger partial charge >= 0.3 is 12.1 Å². The SMILES string of the molecule is Cc1nc(-c2ccc(C(F)(F)F)cc2)sc1COc1ccc2nc(CC(=O)O)sc2c1. The number of hydrogen-bond donors (Lipinski definition) is 1. The number of aryl methyl sites for hydroxylation is 1. The van der Waals surface area contributed by atoms with E-state index in [2.05, 4.69) is 9.97 Å². The molecule has 4 aromatic rings. The van der Waals surface area contributed by atoms with E-state index in [1.165, 1.54) is 34.8 Å². The highest BCUT2D eigenvalue weighted by Crippen LogP contribution is 2.33. The predicted octanol–water partition coefficient (Wildman–Crippen LogP) is 5.95. The smallest absolute Gasteiger partial charge is 0.416 e. The summed E-state index contributed by atoms with van der Waals surface area (Å²) in [5.41, 5.74) is 1.39. The number of fused-ring (bicyclic) bond motifs is 1. The van der Waals surface area contributed by atoms with Gasteiger partial charge in [-0.1, -0.05) is 12.1 Å². The molecular formula is C21H15F3N2O3S2. The Bertz CT molecular complexity index is 1250. The van der Waals surface area contributed by atoms with Gasteiger partial charge in [0, 0.05) is 5.56 Å². The van der Waals surface area contributed by atoms with Gasteiger partial charge in [0.25, 0.3) is 0 Å². The zero-order valence-corrected chi connectivity index (χ0v) is 17.7. The second kappa shape index (κ2) is 8.27. The van der Waals surface area contributed by atoms with E-state index in [1.807, 2.05) is 13.0 Å². The molecule has 0 fully saturated rings. The number of thiazole rings is 2. The van der Waals surface area contributed by atoms with Crippen LogP contribution in [0.25, 0.3) is 20.8 Å². The fraction of sp³-hybridized carbons (Fsp3) is 0.190. The standard InChI is InChI=1S/C21H15F3N2O3S2/c1-11-17(31-20(25-11)12-2-4-13(5-3-12)21(22,23)24)10-29-14-6-7-15-16(8-14)30-18(26-15)9-19(27)28/h2-8H,9-10H2,1H3,(H,27,28). The van der Waals surface area contributed by atoms with Crippen LogP contribution in [-0.2, 0) is 24.0 Å². The van der Waals surface area contributed by atoms with E-state index < -0.39 is 17.7 Å². The number of rotatable bonds is 6. The van der Waals surface area contributed by atoms with Crippen molar-refractivity contribution in [3.8, 4) is 16.3 Å². The summed E-state index contributed by atoms with van der Waals surface area (Å²) < 4.78 is 44.9. The monoisotopic (exact) mass is 464 g/mol. The third-order valence-corrected chi connectivity index (χ3v) is 6.63. The first-order chi connectivity index (χ1) is 14.7. The summed E-state index contributed by atoms with van der Waals surface area (Å²) in [7, 11) is 0. The first kappa shape index (κ1) is 21.3. The minimum absolute atomic E-state index is 0.123. The molecule has 31 heavy (non-hydrogen) atoms. The van der Waals surface area contributed by atoms with Crippen molar-refractivity contribution in [1.29, 1.82) is 0 Å². The number of aliphatic carboxylic acids is 1. The minimum Gasteiger partial charge on any atom is -0.488 e. The number of nitrogens with zero attached hydrogens (tertiary/aromatic N) is 2. The third-order valence-electron chi connectivity index (χ3n) is 4.43. The second-order valence-electron chi connectivity index (χ2n) is 6.70. The number of hydrogen-bond acceptors (Lipinski definition) is 6. The highest BCUT2D eigenvalue weighted by molar-refractivity contribution is 7.18. The van der Waals surface area contributed by atoms with Gasteiger partial charge in [-0.05, 0) is 37.3 Å². The van der Waals surface area contributed by atoms with Crippen LogP contribution < -0.4 is 4.74 Å². The van der Waals surface area contributed by atoms with Gasteiger partial charge in [0.15, 0.2) is 0 Å². The van der Waals surface area contributed by atoms with E-state index in [4.69, 9.17) is 9.84 Å². The fourth-order valence-electron chi connectivity index (χ4n) is 2.88. The molecule has 0 aliphatic heterocycles. The highest BCUT2D eigenvalue weighted by atomic mass is 32.1. The Balaban J connectivity index is 1.48. The lowest BCUT2D eigenvalue weighted by Gasteiger charge is -2.06. The molecule has 10 heteroatoms. The maximum atomic E-state index is 12.7. The molecule has 0 saturated carbocycles. The second-order valence-corrected chi connectivity index (χ2v) is 8.90. The van der Waals surface area contributed by atoms with E-state index in [9.17, 15) is 18.0 Å². The number of alkyl halides is 3. The zero-order chi connectivity index (χ0) is 22.2. The van der Waals surface area contributed by atoms with E-state index in [1.54, 1.807) is 12.1 Å². The van der Waals surface area contributed by atoms with Crippen LogP contribution >= 0.6 is 22.7 Å². The Labute approximate surface area is 182 Å². The lowest BCUT2D eigenvalue weighted by molar-refractivity contribution is -0.138. The van der Waals surface area contributed by atoms with Crippen molar-refractivity contribution in [2.24, 2.45) is 0 Å². The van der Waals surface area contributed by atoms with Crippen LogP contribution in [0.3, 0.4) is 0 Å². The molecule has 0 aliphatic rings. The number of carboxylic acids is 1. The molecule has 2 heterocycles. The quantitative estimate of drug-likeness (QED) is 0.382. The molecule has 0 radical (unpaired) electrons. The Morgan fingerprint density at radius 1 is 1.10 bits per heavy atom. The topological polar surface area (TPSA) is 72.3 Å². The lowest BCUT2D eigenvalue weighted by Crippen LogP contribution is -2.03. The van der Waals surface area contributed by atoms with Crippen LogP contribution in [0.5, 0.6) is 5.75 Å². The number of carboxylic acid groups (broad SMARTS) is 1. The van der Waals surface area contributed by atoms with Gasteiger partial charge in [-0.2, -0.15) is 13.2 Å². The van der Waals surface area contributed by atoms with E-state index >= 15 is 0 Å². The van der Waals surface area contributed by atoms with Crippen molar-refractivity contribution in [2.75, 3.05) is 0 Å². The molecule has 0 bridgehead atoms. The summed E-state index contributed by atoms with van der Waals surface area (Å²) in [6, 6.07) is 10.3. The molecule has 0 aliphatic carbocycles. The maximum Gasteiger partial charge on any atom is 0.416 e. The molecule has 5 nitrogen and oxygen atoms in total. The molecule has 0 amide bonds. The molecule has 2 aromatic heterocycles. The summed E-state index contributed by atoms with van der Waals surface area (Å²) in [6.45, 7) is 2.09. The Morgan fingerprint density at radius 3 is 2.52 bits per heavy atom. The van der Waals surface area contributed by atoms with Crippen LogP contribution in [-0.4, -0.2) is 21.0 Å². The zero-order valence-electron chi connectivity index (χ0n) is 16.1. The van der Waals surface area contributed by atoms with Gasteiger partial charge in [0.2, 0.25) is 0 Å². The van der Waals surface area contributed by atoms with E-state index in [0.717, 1.165) is 27.4 Å². The van der Waals surface area contributed by atoms with Crippen LogP contribution in [0.2, 0.25) is 0 Å². The predicted molar refractivity (Wildman–Crippen MR) is 113 cm³/mol. The normalized spacial score (nSPS) is 11.7. The molecule has 0 atom stereocenters. The average molecular weight is 464 g/mol. The summed E-state index contributed by atoms with van der Waals surface area (Å²) in [5.74, 6) is -0.318. The van der Waals surface area contributed by atoms with Crippen molar-refractivity contribution < 1.29 is 27.8 Å². The highest BCUT2D eigenvalue weighted by Gasteiger charge is 2.30. The largest absolute Gasteiger partial charge is 0.488 e. The lowest BCUT2D eigenvalue weighted by atomic mass is 10.1.